The predicted octanol–water partition coefficient (Wildman–Crippen LogP) is 0.648. The number of aryl methyl sites for hydroxylation is 1. The Morgan fingerprint density at radius 3 is 2.94 bits per heavy atom. The Balaban J connectivity index is 1.33. The summed E-state index contributed by atoms with van der Waals surface area (Å²) in [6, 6.07) is 5.88. The highest BCUT2D eigenvalue weighted by Gasteiger charge is 2.30. The van der Waals surface area contributed by atoms with Crippen molar-refractivity contribution in [3.63, 3.8) is 0 Å². The number of fused-ring (bicyclic) bond motifs is 1. The molecule has 0 radical (unpaired) electrons. The molecule has 3 aromatic rings. The van der Waals surface area contributed by atoms with Crippen LogP contribution < -0.4 is 11.1 Å². The number of piperazine rings is 1. The lowest BCUT2D eigenvalue weighted by Gasteiger charge is -2.38. The first-order valence-corrected chi connectivity index (χ1v) is 10.6. The monoisotopic (exact) mass is 445 g/mol. The van der Waals surface area contributed by atoms with Gasteiger partial charge in [0, 0.05) is 31.2 Å². The molecule has 5 rings (SSSR count). The van der Waals surface area contributed by atoms with Gasteiger partial charge in [-0.15, -0.1) is 9.90 Å². The molecule has 2 aromatic heterocycles. The van der Waals surface area contributed by atoms with Gasteiger partial charge in [-0.05, 0) is 31.0 Å². The Bertz CT molecular complexity index is 1280. The van der Waals surface area contributed by atoms with Gasteiger partial charge in [0.05, 0.1) is 41.1 Å². The molecule has 0 saturated carbocycles. The van der Waals surface area contributed by atoms with Gasteiger partial charge in [-0.2, -0.15) is 10.4 Å². The van der Waals surface area contributed by atoms with E-state index in [9.17, 15) is 4.79 Å². The van der Waals surface area contributed by atoms with Gasteiger partial charge in [0.1, 0.15) is 12.7 Å². The Kier molecular flexibility index (Phi) is 5.33. The first-order valence-electron chi connectivity index (χ1n) is 10.6. The van der Waals surface area contributed by atoms with Gasteiger partial charge in [-0.3, -0.25) is 10.2 Å². The summed E-state index contributed by atoms with van der Waals surface area (Å²) in [6.45, 7) is 6.03. The minimum atomic E-state index is -0.265. The molecule has 0 unspecified atom stereocenters. The van der Waals surface area contributed by atoms with Gasteiger partial charge >= 0.3 is 5.97 Å². The average molecular weight is 445 g/mol. The van der Waals surface area contributed by atoms with E-state index in [0.29, 0.717) is 42.5 Å². The molecule has 0 amide bonds. The van der Waals surface area contributed by atoms with Crippen LogP contribution in [0.25, 0.3) is 5.95 Å². The normalized spacial score (nSPS) is 20.4. The van der Waals surface area contributed by atoms with Crippen LogP contribution in [0.5, 0.6) is 0 Å². The molecule has 11 nitrogen and oxygen atoms in total. The molecular weight excluding hydrogens is 422 g/mol. The Labute approximate surface area is 190 Å². The molecule has 1 saturated heterocycles. The van der Waals surface area contributed by atoms with Crippen LogP contribution in [0, 0.1) is 25.2 Å². The van der Waals surface area contributed by atoms with Crippen LogP contribution in [0.1, 0.15) is 50.0 Å². The van der Waals surface area contributed by atoms with Crippen molar-refractivity contribution < 1.29 is 9.53 Å². The largest absolute Gasteiger partial charge is 0.457 e. The first kappa shape index (κ1) is 21.1. The van der Waals surface area contributed by atoms with Crippen molar-refractivity contribution in [2.45, 2.75) is 39.2 Å². The molecule has 4 heterocycles. The van der Waals surface area contributed by atoms with E-state index >= 15 is 0 Å². The molecular formula is C22H23N9O2. The smallest absolute Gasteiger partial charge is 0.338 e. The number of esters is 1. The summed E-state index contributed by atoms with van der Waals surface area (Å²) >= 11 is 0. The van der Waals surface area contributed by atoms with Crippen molar-refractivity contribution in [2.75, 3.05) is 13.1 Å². The van der Waals surface area contributed by atoms with E-state index in [4.69, 9.17) is 15.7 Å². The number of carbonyl (C=O) groups is 1. The second-order valence-corrected chi connectivity index (χ2v) is 8.31. The zero-order valence-electron chi connectivity index (χ0n) is 18.3. The second kappa shape index (κ2) is 8.32. The molecule has 1 aromatic carbocycles. The topological polar surface area (TPSA) is 148 Å². The molecule has 11 heteroatoms. The summed E-state index contributed by atoms with van der Waals surface area (Å²) in [4.78, 5) is 23.9. The molecule has 1 fully saturated rings. The van der Waals surface area contributed by atoms with E-state index in [2.05, 4.69) is 36.5 Å². The quantitative estimate of drug-likeness (QED) is 0.548. The third-order valence-corrected chi connectivity index (χ3v) is 6.09. The third kappa shape index (κ3) is 3.95. The van der Waals surface area contributed by atoms with Gasteiger partial charge in [0.25, 0.3) is 5.95 Å². The number of ether oxygens (including phenoxy) is 1. The van der Waals surface area contributed by atoms with Crippen LogP contribution >= 0.6 is 0 Å². The lowest BCUT2D eigenvalue weighted by molar-refractivity contribution is 0.0535. The average Bonchev–Trinajstić information content (AvgIpc) is 3.41. The van der Waals surface area contributed by atoms with E-state index in [-0.39, 0.29) is 18.2 Å². The molecule has 2 aliphatic heterocycles. The first-order chi connectivity index (χ1) is 15.9. The summed E-state index contributed by atoms with van der Waals surface area (Å²) in [6.07, 6.45) is 2.94. The van der Waals surface area contributed by atoms with Crippen LogP contribution in [0.4, 0.5) is 0 Å². The minimum absolute atomic E-state index is 0.00862. The van der Waals surface area contributed by atoms with Crippen molar-refractivity contribution in [1.82, 2.24) is 35.2 Å². The van der Waals surface area contributed by atoms with Crippen LogP contribution in [0.15, 0.2) is 24.5 Å². The molecule has 3 N–H and O–H groups in total. The van der Waals surface area contributed by atoms with E-state index < -0.39 is 0 Å². The van der Waals surface area contributed by atoms with Crippen molar-refractivity contribution >= 4 is 5.97 Å². The summed E-state index contributed by atoms with van der Waals surface area (Å²) < 4.78 is 5.19. The summed E-state index contributed by atoms with van der Waals surface area (Å²) in [5.41, 5.74) is 11.8. The van der Waals surface area contributed by atoms with E-state index in [1.165, 1.54) is 11.0 Å². The fraction of sp³-hybridized carbons (Fsp3) is 0.364. The number of aromatic nitrogens is 5. The lowest BCUT2D eigenvalue weighted by Crippen LogP contribution is -2.56. The van der Waals surface area contributed by atoms with Gasteiger partial charge in [-0.25, -0.2) is 14.8 Å². The maximum Gasteiger partial charge on any atom is 0.338 e. The standard InChI is InChI=1S/C22H23N9O2/c1-12-16(3-4-17-18(12)11-33-21(17)32)19-9-30(10-20(24)28-19)8-15-7-26-31(29-15)22-25-6-14(5-23)13(2)27-22/h3-4,6-7,19-20,28H,8-11,24H2,1-2H3/t19-,20+/m0/s1. The highest BCUT2D eigenvalue weighted by atomic mass is 16.5. The molecule has 0 bridgehead atoms. The van der Waals surface area contributed by atoms with Crippen molar-refractivity contribution in [3.8, 4) is 12.0 Å². The number of nitrogens with zero attached hydrogens (tertiary/aromatic N) is 7. The zero-order valence-corrected chi connectivity index (χ0v) is 18.3. The van der Waals surface area contributed by atoms with Crippen LogP contribution in [-0.4, -0.2) is 55.1 Å². The Hall–Kier alpha value is -3.72. The maximum atomic E-state index is 11.9. The van der Waals surface area contributed by atoms with E-state index in [1.807, 2.05) is 19.1 Å². The number of benzene rings is 1. The summed E-state index contributed by atoms with van der Waals surface area (Å²) in [5.74, 6) is 0.0530. The van der Waals surface area contributed by atoms with Gasteiger partial charge in [-0.1, -0.05) is 6.07 Å². The maximum absolute atomic E-state index is 11.9. The number of hydrogen-bond donors (Lipinski definition) is 2. The van der Waals surface area contributed by atoms with E-state index in [0.717, 1.165) is 28.9 Å². The predicted molar refractivity (Wildman–Crippen MR) is 116 cm³/mol. The van der Waals surface area contributed by atoms with Gasteiger partial charge in [0.15, 0.2) is 0 Å². The van der Waals surface area contributed by atoms with Crippen LogP contribution in [-0.2, 0) is 17.9 Å². The Morgan fingerprint density at radius 2 is 2.15 bits per heavy atom. The molecule has 33 heavy (non-hydrogen) atoms. The fourth-order valence-corrected chi connectivity index (χ4v) is 4.39. The van der Waals surface area contributed by atoms with Crippen molar-refractivity contribution in [1.29, 1.82) is 5.26 Å². The number of carbonyl (C=O) groups excluding carboxylic acids is 1. The number of rotatable bonds is 4. The minimum Gasteiger partial charge on any atom is -0.457 e. The molecule has 2 aliphatic rings. The number of nitrogens with one attached hydrogen (secondary N) is 1. The van der Waals surface area contributed by atoms with Crippen LogP contribution in [0.3, 0.4) is 0 Å². The number of cyclic esters (lactones) is 1. The molecule has 168 valence electrons. The second-order valence-electron chi connectivity index (χ2n) is 8.31. The fourth-order valence-electron chi connectivity index (χ4n) is 4.39. The molecule has 2 atom stereocenters. The van der Waals surface area contributed by atoms with Crippen LogP contribution in [0.2, 0.25) is 0 Å². The highest BCUT2D eigenvalue weighted by molar-refractivity contribution is 5.94. The summed E-state index contributed by atoms with van der Waals surface area (Å²) in [5, 5.41) is 21.3. The Morgan fingerprint density at radius 1 is 1.30 bits per heavy atom. The highest BCUT2D eigenvalue weighted by Crippen LogP contribution is 2.30. The van der Waals surface area contributed by atoms with Gasteiger partial charge in [0.2, 0.25) is 0 Å². The molecule has 0 spiro atoms. The number of nitrogens with two attached hydrogens (primary N) is 1. The van der Waals surface area contributed by atoms with Crippen molar-refractivity contribution in [2.24, 2.45) is 5.73 Å². The summed E-state index contributed by atoms with van der Waals surface area (Å²) in [7, 11) is 0. The number of hydrogen-bond acceptors (Lipinski definition) is 10. The van der Waals surface area contributed by atoms with E-state index in [1.54, 1.807) is 13.1 Å². The lowest BCUT2D eigenvalue weighted by atomic mass is 9.93. The third-order valence-electron chi connectivity index (χ3n) is 6.09. The molecule has 0 aliphatic carbocycles. The van der Waals surface area contributed by atoms with Crippen molar-refractivity contribution in [3.05, 3.63) is 63.7 Å². The number of nitriles is 1. The van der Waals surface area contributed by atoms with Gasteiger partial charge < -0.3 is 10.5 Å². The zero-order chi connectivity index (χ0) is 23.1. The SMILES string of the molecule is Cc1nc(-n2ncc(CN3C[C@@H](c4ccc5c(c4C)COC5=O)N[C@@H](N)C3)n2)ncc1C#N.